The highest BCUT2D eigenvalue weighted by Crippen LogP contribution is 2.24. The van der Waals surface area contributed by atoms with E-state index in [4.69, 9.17) is 0 Å². The van der Waals surface area contributed by atoms with Crippen LogP contribution >= 0.6 is 11.3 Å². The number of benzene rings is 2. The molecule has 0 aliphatic rings. The van der Waals surface area contributed by atoms with Crippen LogP contribution < -0.4 is 5.32 Å². The van der Waals surface area contributed by atoms with Gasteiger partial charge in [0, 0.05) is 17.1 Å². The van der Waals surface area contributed by atoms with Gasteiger partial charge in [-0.3, -0.25) is 10.1 Å². The van der Waals surface area contributed by atoms with Gasteiger partial charge in [-0.15, -0.1) is 11.3 Å². The zero-order valence-corrected chi connectivity index (χ0v) is 14.3. The van der Waals surface area contributed by atoms with Crippen molar-refractivity contribution in [2.75, 3.05) is 5.32 Å². The van der Waals surface area contributed by atoms with Gasteiger partial charge in [0.15, 0.2) is 10.8 Å². The summed E-state index contributed by atoms with van der Waals surface area (Å²) in [6, 6.07) is 17.2. The molecular formula is C19H13FN4OS. The fourth-order valence-electron chi connectivity index (χ4n) is 2.42. The molecule has 2 aromatic carbocycles. The summed E-state index contributed by atoms with van der Waals surface area (Å²) in [5.41, 5.74) is 2.73. The first kappa shape index (κ1) is 16.2. The molecule has 0 spiro atoms. The molecule has 1 N–H and O–H groups in total. The number of amides is 1. The van der Waals surface area contributed by atoms with Crippen molar-refractivity contribution >= 4 is 22.4 Å². The Morgan fingerprint density at radius 1 is 1.04 bits per heavy atom. The molecule has 0 radical (unpaired) electrons. The third kappa shape index (κ3) is 3.38. The highest BCUT2D eigenvalue weighted by molar-refractivity contribution is 7.14. The van der Waals surface area contributed by atoms with E-state index in [9.17, 15) is 9.18 Å². The average Bonchev–Trinajstić information content (AvgIpc) is 3.33. The van der Waals surface area contributed by atoms with Crippen molar-refractivity contribution in [3.8, 4) is 16.9 Å². The quantitative estimate of drug-likeness (QED) is 0.584. The predicted octanol–water partition coefficient (Wildman–Crippen LogP) is 4.39. The third-order valence-corrected chi connectivity index (χ3v) is 4.46. The molecular weight excluding hydrogens is 351 g/mol. The lowest BCUT2D eigenvalue weighted by atomic mass is 10.2. The number of thiazole rings is 1. The van der Waals surface area contributed by atoms with Gasteiger partial charge in [0.25, 0.3) is 5.91 Å². The first-order valence-corrected chi connectivity index (χ1v) is 8.71. The SMILES string of the molecule is O=C(Nc1nc(-c2ccccc2)cs1)c1ccn(-c2ccc(F)cc2)n1. The minimum absolute atomic E-state index is 0.255. The topological polar surface area (TPSA) is 59.8 Å². The zero-order chi connectivity index (χ0) is 17.9. The zero-order valence-electron chi connectivity index (χ0n) is 13.5. The summed E-state index contributed by atoms with van der Waals surface area (Å²) in [5, 5.41) is 9.38. The van der Waals surface area contributed by atoms with Gasteiger partial charge in [0.2, 0.25) is 0 Å². The van der Waals surface area contributed by atoms with E-state index >= 15 is 0 Å². The number of nitrogens with zero attached hydrogens (tertiary/aromatic N) is 3. The van der Waals surface area contributed by atoms with Crippen LogP contribution in [-0.4, -0.2) is 20.7 Å². The fraction of sp³-hybridized carbons (Fsp3) is 0. The van der Waals surface area contributed by atoms with Crippen molar-refractivity contribution in [3.05, 3.63) is 83.8 Å². The number of rotatable bonds is 4. The van der Waals surface area contributed by atoms with Gasteiger partial charge in [0.05, 0.1) is 11.4 Å². The minimum atomic E-state index is -0.347. The number of carbonyl (C=O) groups is 1. The molecule has 0 bridgehead atoms. The summed E-state index contributed by atoms with van der Waals surface area (Å²) >= 11 is 1.35. The van der Waals surface area contributed by atoms with Gasteiger partial charge in [-0.25, -0.2) is 14.1 Å². The second-order valence-electron chi connectivity index (χ2n) is 5.48. The summed E-state index contributed by atoms with van der Waals surface area (Å²) in [6.07, 6.45) is 1.65. The maximum Gasteiger partial charge on any atom is 0.277 e. The van der Waals surface area contributed by atoms with E-state index in [0.29, 0.717) is 10.8 Å². The Labute approximate surface area is 152 Å². The number of anilines is 1. The Hall–Kier alpha value is -3.32. The van der Waals surface area contributed by atoms with Gasteiger partial charge < -0.3 is 0 Å². The Balaban J connectivity index is 1.49. The van der Waals surface area contributed by atoms with Crippen LogP contribution in [0.3, 0.4) is 0 Å². The second-order valence-corrected chi connectivity index (χ2v) is 6.34. The van der Waals surface area contributed by atoms with Gasteiger partial charge in [-0.1, -0.05) is 30.3 Å². The van der Waals surface area contributed by atoms with Crippen molar-refractivity contribution in [2.45, 2.75) is 0 Å². The summed E-state index contributed by atoms with van der Waals surface area (Å²) < 4.78 is 14.5. The highest BCUT2D eigenvalue weighted by atomic mass is 32.1. The summed E-state index contributed by atoms with van der Waals surface area (Å²) in [4.78, 5) is 16.8. The summed E-state index contributed by atoms with van der Waals surface area (Å²) in [6.45, 7) is 0. The summed E-state index contributed by atoms with van der Waals surface area (Å²) in [5.74, 6) is -0.670. The molecule has 0 aliphatic heterocycles. The highest BCUT2D eigenvalue weighted by Gasteiger charge is 2.13. The number of halogens is 1. The van der Waals surface area contributed by atoms with E-state index in [1.807, 2.05) is 35.7 Å². The number of carbonyl (C=O) groups excluding carboxylic acids is 1. The van der Waals surface area contributed by atoms with E-state index in [1.54, 1.807) is 24.4 Å². The van der Waals surface area contributed by atoms with Crippen LogP contribution in [0.5, 0.6) is 0 Å². The lowest BCUT2D eigenvalue weighted by Gasteiger charge is -2.01. The van der Waals surface area contributed by atoms with Gasteiger partial charge in [-0.2, -0.15) is 5.10 Å². The normalized spacial score (nSPS) is 10.7. The van der Waals surface area contributed by atoms with Gasteiger partial charge in [0.1, 0.15) is 5.82 Å². The first-order valence-electron chi connectivity index (χ1n) is 7.83. The Kier molecular flexibility index (Phi) is 4.28. The standard InChI is InChI=1S/C19H13FN4OS/c20-14-6-8-15(9-7-14)24-11-10-16(23-24)18(25)22-19-21-17(12-26-19)13-4-2-1-3-5-13/h1-12H,(H,21,22,25). The number of hydrogen-bond acceptors (Lipinski definition) is 4. The van der Waals surface area contributed by atoms with Crippen molar-refractivity contribution in [2.24, 2.45) is 0 Å². The van der Waals surface area contributed by atoms with Crippen LogP contribution in [0, 0.1) is 5.82 Å². The van der Waals surface area contributed by atoms with E-state index in [2.05, 4.69) is 15.4 Å². The lowest BCUT2D eigenvalue weighted by Crippen LogP contribution is -2.13. The molecule has 5 nitrogen and oxygen atoms in total. The van der Waals surface area contributed by atoms with Crippen molar-refractivity contribution < 1.29 is 9.18 Å². The third-order valence-electron chi connectivity index (χ3n) is 3.71. The van der Waals surface area contributed by atoms with E-state index in [1.165, 1.54) is 28.2 Å². The van der Waals surface area contributed by atoms with Gasteiger partial charge in [-0.05, 0) is 30.3 Å². The molecule has 26 heavy (non-hydrogen) atoms. The maximum absolute atomic E-state index is 13.0. The van der Waals surface area contributed by atoms with E-state index < -0.39 is 0 Å². The molecule has 0 aliphatic carbocycles. The lowest BCUT2D eigenvalue weighted by molar-refractivity contribution is 0.102. The maximum atomic E-state index is 13.0. The van der Waals surface area contributed by atoms with Crippen LogP contribution in [0.2, 0.25) is 0 Å². The number of hydrogen-bond donors (Lipinski definition) is 1. The van der Waals surface area contributed by atoms with Crippen LogP contribution in [0.25, 0.3) is 16.9 Å². The van der Waals surface area contributed by atoms with Crippen LogP contribution in [0.4, 0.5) is 9.52 Å². The van der Waals surface area contributed by atoms with Gasteiger partial charge >= 0.3 is 0 Å². The predicted molar refractivity (Wildman–Crippen MR) is 99.0 cm³/mol. The molecule has 0 fully saturated rings. The molecule has 4 rings (SSSR count). The monoisotopic (exact) mass is 364 g/mol. The minimum Gasteiger partial charge on any atom is -0.296 e. The smallest absolute Gasteiger partial charge is 0.277 e. The second kappa shape index (κ2) is 6.89. The molecule has 0 atom stereocenters. The molecule has 0 unspecified atom stereocenters. The van der Waals surface area contributed by atoms with E-state index in [0.717, 1.165) is 11.3 Å². The molecule has 2 aromatic heterocycles. The molecule has 1 amide bonds. The molecule has 128 valence electrons. The molecule has 0 saturated heterocycles. The Morgan fingerprint density at radius 2 is 1.81 bits per heavy atom. The molecule has 2 heterocycles. The largest absolute Gasteiger partial charge is 0.296 e. The molecule has 4 aromatic rings. The Morgan fingerprint density at radius 3 is 2.58 bits per heavy atom. The fourth-order valence-corrected chi connectivity index (χ4v) is 3.13. The average molecular weight is 364 g/mol. The summed E-state index contributed by atoms with van der Waals surface area (Å²) in [7, 11) is 0. The number of aromatic nitrogens is 3. The van der Waals surface area contributed by atoms with E-state index in [-0.39, 0.29) is 17.4 Å². The molecule has 7 heteroatoms. The van der Waals surface area contributed by atoms with Crippen LogP contribution in [-0.2, 0) is 0 Å². The van der Waals surface area contributed by atoms with Crippen molar-refractivity contribution in [3.63, 3.8) is 0 Å². The molecule has 0 saturated carbocycles. The van der Waals surface area contributed by atoms with Crippen LogP contribution in [0.1, 0.15) is 10.5 Å². The van der Waals surface area contributed by atoms with Crippen molar-refractivity contribution in [1.29, 1.82) is 0 Å². The Bertz CT molecular complexity index is 1040. The van der Waals surface area contributed by atoms with Crippen molar-refractivity contribution in [1.82, 2.24) is 14.8 Å². The number of nitrogens with one attached hydrogen (secondary N) is 1. The van der Waals surface area contributed by atoms with Crippen LogP contribution in [0.15, 0.2) is 72.2 Å². The first-order chi connectivity index (χ1) is 12.7.